The van der Waals surface area contributed by atoms with Gasteiger partial charge in [-0.3, -0.25) is 86.3 Å². The minimum absolute atomic E-state index is 0.00181. The van der Waals surface area contributed by atoms with Crippen LogP contribution >= 0.6 is 0 Å². The van der Waals surface area contributed by atoms with Gasteiger partial charge < -0.3 is 62.1 Å². The molecular weight excluding hydrogens is 1470 g/mol. The van der Waals surface area contributed by atoms with E-state index < -0.39 is 35.0 Å². The summed E-state index contributed by atoms with van der Waals surface area (Å²) in [5, 5.41) is 8.86. The highest BCUT2D eigenvalue weighted by atomic mass is 16.5. The van der Waals surface area contributed by atoms with Crippen LogP contribution in [-0.2, 0) is 143 Å². The number of carbonyl (C=O) groups excluding carboxylic acids is 21. The standard InChI is InChI=1S/C9H16O4.3C9H14O4.5C9H16O3/c1-7(10)5-8(11)3-4-9(12)6-13-2;1-7(10)3-4-8(11)5-9(12)6-13-2;1-7(10)9(12)5-3-4-8(11)6-13-2;1-7(10)4-3-5-8(11)9(12)6-13-2;1-8(10)5-3-4-6-9(11)7-12-2;1-3-8(10)5-4-6-9(11)7-12-2;1-3-4-8(10)5-6-9(11)7-12-2;1-3-4-5-8(10)6-9(11)7-12-2;1-3-4-5-6-8(10)9(11)7-12-2/h7,10H,3-6H2,1-2H3;3*3-6H2,1-2H3;5*3-7H2,1-2H3. The Morgan fingerprint density at radius 1 is 0.232 bits per heavy atom. The highest BCUT2D eigenvalue weighted by molar-refractivity contribution is 6.38. The number of Topliss-reactive ketones (excluding diaryl/α,β-unsaturated/α-hetero) is 21. The van der Waals surface area contributed by atoms with Crippen LogP contribution in [0, 0.1) is 0 Å². The summed E-state index contributed by atoms with van der Waals surface area (Å²) in [5.41, 5.74) is 0. The smallest absolute Gasteiger partial charge is 0.223 e. The molecule has 0 heterocycles. The molecule has 31 heteroatoms. The van der Waals surface area contributed by atoms with Crippen molar-refractivity contribution in [2.75, 3.05) is 123 Å². The Morgan fingerprint density at radius 3 is 0.848 bits per heavy atom. The van der Waals surface area contributed by atoms with Crippen molar-refractivity contribution in [1.29, 1.82) is 0 Å². The molecule has 0 aliphatic heterocycles. The van der Waals surface area contributed by atoms with Crippen LogP contribution in [0.3, 0.4) is 0 Å². The number of hydrogen-bond donors (Lipinski definition) is 1. The summed E-state index contributed by atoms with van der Waals surface area (Å²) in [5.74, 6) is -2.52. The third kappa shape index (κ3) is 111. The van der Waals surface area contributed by atoms with Gasteiger partial charge in [0, 0.05) is 193 Å². The van der Waals surface area contributed by atoms with Gasteiger partial charge in [0.05, 0.1) is 18.9 Å². The molecule has 1 atom stereocenters. The van der Waals surface area contributed by atoms with Gasteiger partial charge in [0.25, 0.3) is 0 Å². The first-order chi connectivity index (χ1) is 52.8. The van der Waals surface area contributed by atoms with E-state index in [1.54, 1.807) is 13.8 Å². The first-order valence-corrected chi connectivity index (χ1v) is 37.7. The number of carbonyl (C=O) groups is 21. The molecule has 0 amide bonds. The second kappa shape index (κ2) is 92.5. The zero-order valence-electron chi connectivity index (χ0n) is 70.8. The van der Waals surface area contributed by atoms with Gasteiger partial charge in [0.2, 0.25) is 23.1 Å². The number of rotatable bonds is 63. The Morgan fingerprint density at radius 2 is 0.500 bits per heavy atom. The predicted molar refractivity (Wildman–Crippen MR) is 417 cm³/mol. The minimum Gasteiger partial charge on any atom is -0.393 e. The summed E-state index contributed by atoms with van der Waals surface area (Å²) in [6.45, 7) is 15.5. The molecule has 0 aliphatic rings. The van der Waals surface area contributed by atoms with Crippen LogP contribution < -0.4 is 0 Å². The summed E-state index contributed by atoms with van der Waals surface area (Å²) >= 11 is 0. The molecule has 0 rings (SSSR count). The van der Waals surface area contributed by atoms with Crippen LogP contribution in [-0.4, -0.2) is 256 Å². The van der Waals surface area contributed by atoms with Gasteiger partial charge in [0.1, 0.15) is 106 Å². The third-order valence-corrected chi connectivity index (χ3v) is 13.8. The maximum absolute atomic E-state index is 11.0. The van der Waals surface area contributed by atoms with Crippen LogP contribution in [0.5, 0.6) is 0 Å². The van der Waals surface area contributed by atoms with E-state index in [9.17, 15) is 101 Å². The number of ketones is 21. The van der Waals surface area contributed by atoms with Gasteiger partial charge in [-0.05, 0) is 79.1 Å². The van der Waals surface area contributed by atoms with Crippen molar-refractivity contribution in [2.24, 2.45) is 0 Å². The largest absolute Gasteiger partial charge is 0.393 e. The highest BCUT2D eigenvalue weighted by Gasteiger charge is 2.16. The molecule has 0 aromatic heterocycles. The van der Waals surface area contributed by atoms with Crippen molar-refractivity contribution in [3.05, 3.63) is 0 Å². The molecule has 0 fully saturated rings. The lowest BCUT2D eigenvalue weighted by Crippen LogP contribution is -2.18. The maximum Gasteiger partial charge on any atom is 0.223 e. The van der Waals surface area contributed by atoms with Crippen molar-refractivity contribution in [2.45, 2.75) is 274 Å². The maximum atomic E-state index is 11.0. The molecule has 0 saturated carbocycles. The molecule has 112 heavy (non-hydrogen) atoms. The monoisotopic (exact) mass is 1610 g/mol. The molecule has 0 spiro atoms. The summed E-state index contributed by atoms with van der Waals surface area (Å²) in [7, 11) is 13.0. The Bertz CT molecular complexity index is 2670. The molecule has 0 aromatic rings. The molecule has 1 unspecified atom stereocenters. The zero-order valence-corrected chi connectivity index (χ0v) is 70.8. The first kappa shape index (κ1) is 123. The van der Waals surface area contributed by atoms with Gasteiger partial charge >= 0.3 is 0 Å². The van der Waals surface area contributed by atoms with E-state index in [1.807, 2.05) is 20.8 Å². The number of ether oxygens (including phenoxy) is 9. The Hall–Kier alpha value is -7.33. The summed E-state index contributed by atoms with van der Waals surface area (Å²) in [4.78, 5) is 227. The molecular formula is C81H138O31. The molecule has 31 nitrogen and oxygen atoms in total. The molecule has 0 radical (unpaired) electrons. The SMILES string of the molecule is CCC(=O)CCCC(=O)COC.CCCC(=O)CCC(=O)COC.CCCCC(=O)CC(=O)COC.CCCCCC(=O)C(=O)COC.COCC(=O)C(=O)CCCC(C)=O.COCC(=O)CC(=O)CCC(C)=O.COCC(=O)CCC(=O)CC(C)O.COCC(=O)CCCC(=O)C(C)=O.COCC(=O)CCCCC(C)=O. The van der Waals surface area contributed by atoms with Crippen molar-refractivity contribution in [1.82, 2.24) is 0 Å². The summed E-state index contributed by atoms with van der Waals surface area (Å²) in [6, 6.07) is 0. The van der Waals surface area contributed by atoms with E-state index in [-0.39, 0.29) is 210 Å². The van der Waals surface area contributed by atoms with Crippen LogP contribution in [0.15, 0.2) is 0 Å². The van der Waals surface area contributed by atoms with Crippen molar-refractivity contribution in [3.63, 3.8) is 0 Å². The fourth-order valence-electron chi connectivity index (χ4n) is 8.00. The number of methoxy groups -OCH3 is 9. The minimum atomic E-state index is -0.620. The second-order valence-corrected chi connectivity index (χ2v) is 25.5. The van der Waals surface area contributed by atoms with E-state index in [0.29, 0.717) is 96.3 Å². The van der Waals surface area contributed by atoms with Crippen LogP contribution in [0.4, 0.5) is 0 Å². The number of hydrogen-bond acceptors (Lipinski definition) is 31. The first-order valence-electron chi connectivity index (χ1n) is 37.7. The Balaban J connectivity index is -0.000000152. The second-order valence-electron chi connectivity index (χ2n) is 25.5. The van der Waals surface area contributed by atoms with E-state index in [4.69, 9.17) is 5.11 Å². The Labute approximate surface area is 664 Å². The van der Waals surface area contributed by atoms with Crippen LogP contribution in [0.2, 0.25) is 0 Å². The van der Waals surface area contributed by atoms with Crippen molar-refractivity contribution < 1.29 is 148 Å². The number of aliphatic hydroxyl groups is 1. The highest BCUT2D eigenvalue weighted by Crippen LogP contribution is 2.07. The fourth-order valence-corrected chi connectivity index (χ4v) is 8.00. The van der Waals surface area contributed by atoms with E-state index in [2.05, 4.69) is 49.6 Å². The average Bonchev–Trinajstić information content (AvgIpc) is 1.01. The number of unbranched alkanes of at least 4 members (excludes halogenated alkanes) is 4. The normalized spacial score (nSPS) is 10.1. The quantitative estimate of drug-likeness (QED) is 0.0338. The van der Waals surface area contributed by atoms with Gasteiger partial charge in [-0.1, -0.05) is 47.0 Å². The summed E-state index contributed by atoms with van der Waals surface area (Å²) < 4.78 is 41.4. The lowest BCUT2D eigenvalue weighted by atomic mass is 10.1. The molecule has 0 aliphatic carbocycles. The van der Waals surface area contributed by atoms with E-state index in [1.165, 1.54) is 84.8 Å². The zero-order chi connectivity index (χ0) is 88.1. The van der Waals surface area contributed by atoms with Crippen molar-refractivity contribution in [3.8, 4) is 0 Å². The molecule has 0 saturated heterocycles. The van der Waals surface area contributed by atoms with Crippen LogP contribution in [0.25, 0.3) is 0 Å². The van der Waals surface area contributed by atoms with Gasteiger partial charge in [-0.2, -0.15) is 0 Å². The molecule has 0 aromatic carbocycles. The van der Waals surface area contributed by atoms with E-state index >= 15 is 0 Å². The molecule has 0 bridgehead atoms. The number of aliphatic hydroxyl groups excluding tert-OH is 1. The predicted octanol–water partition coefficient (Wildman–Crippen LogP) is 8.67. The lowest BCUT2D eigenvalue weighted by molar-refractivity contribution is -0.138. The topological polar surface area (TPSA) is 462 Å². The van der Waals surface area contributed by atoms with Gasteiger partial charge in [-0.25, -0.2) is 0 Å². The van der Waals surface area contributed by atoms with Crippen molar-refractivity contribution >= 4 is 121 Å². The van der Waals surface area contributed by atoms with Crippen LogP contribution in [0.1, 0.15) is 268 Å². The van der Waals surface area contributed by atoms with Gasteiger partial charge in [-0.15, -0.1) is 0 Å². The third-order valence-electron chi connectivity index (χ3n) is 13.8. The van der Waals surface area contributed by atoms with E-state index in [0.717, 1.165) is 51.4 Å². The molecule has 1 N–H and O–H groups in total. The average molecular weight is 1610 g/mol. The lowest BCUT2D eigenvalue weighted by Gasteiger charge is -2.02. The molecule has 648 valence electrons. The fraction of sp³-hybridized carbons (Fsp3) is 0.741. The summed E-state index contributed by atoms with van der Waals surface area (Å²) in [6.07, 6.45) is 14.7. The Kier molecular flexibility index (Phi) is 102. The van der Waals surface area contributed by atoms with Gasteiger partial charge in [0.15, 0.2) is 52.0 Å².